The maximum Gasteiger partial charge on any atom is 0.326 e. The van der Waals surface area contributed by atoms with E-state index in [-0.39, 0.29) is 20.7 Å². The molecular formula is C21H16N2O4S2. The Morgan fingerprint density at radius 2 is 1.72 bits per heavy atom. The Morgan fingerprint density at radius 1 is 1.07 bits per heavy atom. The first-order chi connectivity index (χ1) is 13.9. The van der Waals surface area contributed by atoms with Gasteiger partial charge in [0.05, 0.1) is 22.7 Å². The molecule has 0 aromatic heterocycles. The van der Waals surface area contributed by atoms with Crippen LogP contribution in [0.15, 0.2) is 59.5 Å². The summed E-state index contributed by atoms with van der Waals surface area (Å²) < 4.78 is 0.138. The van der Waals surface area contributed by atoms with E-state index in [1.54, 1.807) is 17.0 Å². The van der Waals surface area contributed by atoms with E-state index in [0.29, 0.717) is 17.8 Å². The molecule has 29 heavy (non-hydrogen) atoms. The first-order valence-corrected chi connectivity index (χ1v) is 10.1. The average Bonchev–Trinajstić information content (AvgIpc) is 3.15. The Labute approximate surface area is 176 Å². The van der Waals surface area contributed by atoms with Crippen molar-refractivity contribution in [3.63, 3.8) is 0 Å². The highest BCUT2D eigenvalue weighted by molar-refractivity contribution is 8.26. The number of benzene rings is 2. The van der Waals surface area contributed by atoms with Crippen LogP contribution in [-0.2, 0) is 20.9 Å². The zero-order valence-corrected chi connectivity index (χ0v) is 17.0. The number of nitrogens with zero attached hydrogens (tertiary/aromatic N) is 2. The molecule has 6 nitrogen and oxygen atoms in total. The summed E-state index contributed by atoms with van der Waals surface area (Å²) in [5.74, 6) is -2.00. The Morgan fingerprint density at radius 3 is 2.41 bits per heavy atom. The second-order valence-corrected chi connectivity index (χ2v) is 8.30. The smallest absolute Gasteiger partial charge is 0.326 e. The number of hydrogen-bond donors (Lipinski definition) is 1. The molecule has 0 unspecified atom stereocenters. The van der Waals surface area contributed by atoms with Gasteiger partial charge in [0.2, 0.25) is 0 Å². The van der Waals surface area contributed by atoms with Crippen molar-refractivity contribution in [2.45, 2.75) is 19.5 Å². The van der Waals surface area contributed by atoms with Gasteiger partial charge in [0.15, 0.2) is 0 Å². The SMILES string of the molecule is C[C@H](C(=O)O)N1C(=O)/C(=C2\C(=O)N(Cc3ccccc3)c3ccccc32)SC1=S. The lowest BCUT2D eigenvalue weighted by molar-refractivity contribution is -0.144. The van der Waals surface area contributed by atoms with Gasteiger partial charge in [-0.05, 0) is 18.6 Å². The molecule has 1 fully saturated rings. The Hall–Kier alpha value is -2.97. The molecule has 8 heteroatoms. The zero-order valence-electron chi connectivity index (χ0n) is 15.4. The predicted molar refractivity (Wildman–Crippen MR) is 115 cm³/mol. The number of thiocarbonyl (C=S) groups is 1. The van der Waals surface area contributed by atoms with Gasteiger partial charge in [-0.3, -0.25) is 14.5 Å². The van der Waals surface area contributed by atoms with E-state index in [9.17, 15) is 19.5 Å². The number of carbonyl (C=O) groups excluding carboxylic acids is 2. The summed E-state index contributed by atoms with van der Waals surface area (Å²) in [4.78, 5) is 40.6. The maximum atomic E-state index is 13.3. The molecule has 0 saturated carbocycles. The van der Waals surface area contributed by atoms with Gasteiger partial charge in [0.25, 0.3) is 11.8 Å². The maximum absolute atomic E-state index is 13.3. The minimum atomic E-state index is -1.16. The zero-order chi connectivity index (χ0) is 20.7. The van der Waals surface area contributed by atoms with E-state index in [0.717, 1.165) is 22.2 Å². The number of para-hydroxylation sites is 1. The van der Waals surface area contributed by atoms with Crippen LogP contribution in [0, 0.1) is 0 Å². The summed E-state index contributed by atoms with van der Waals surface area (Å²) in [6.45, 7) is 1.76. The highest BCUT2D eigenvalue weighted by Gasteiger charge is 2.44. The molecule has 0 spiro atoms. The van der Waals surface area contributed by atoms with Crippen LogP contribution in [0.4, 0.5) is 5.69 Å². The van der Waals surface area contributed by atoms with E-state index in [2.05, 4.69) is 0 Å². The molecule has 2 aromatic rings. The first kappa shape index (κ1) is 19.4. The Bertz CT molecular complexity index is 1080. The van der Waals surface area contributed by atoms with Crippen LogP contribution in [-0.4, -0.2) is 38.2 Å². The summed E-state index contributed by atoms with van der Waals surface area (Å²) in [5.41, 5.74) is 2.60. The summed E-state index contributed by atoms with van der Waals surface area (Å²) in [5, 5.41) is 9.29. The topological polar surface area (TPSA) is 77.9 Å². The van der Waals surface area contributed by atoms with Crippen molar-refractivity contribution >= 4 is 57.3 Å². The highest BCUT2D eigenvalue weighted by atomic mass is 32.2. The van der Waals surface area contributed by atoms with Crippen LogP contribution >= 0.6 is 24.0 Å². The third kappa shape index (κ3) is 3.24. The monoisotopic (exact) mass is 424 g/mol. The van der Waals surface area contributed by atoms with E-state index in [1.165, 1.54) is 6.92 Å². The highest BCUT2D eigenvalue weighted by Crippen LogP contribution is 2.45. The number of fused-ring (bicyclic) bond motifs is 1. The minimum Gasteiger partial charge on any atom is -0.480 e. The lowest BCUT2D eigenvalue weighted by atomic mass is 10.1. The van der Waals surface area contributed by atoms with Gasteiger partial charge in [0.1, 0.15) is 10.4 Å². The quantitative estimate of drug-likeness (QED) is 0.600. The molecule has 0 bridgehead atoms. The normalized spacial score (nSPS) is 19.7. The molecular weight excluding hydrogens is 408 g/mol. The molecule has 1 saturated heterocycles. The van der Waals surface area contributed by atoms with E-state index >= 15 is 0 Å². The molecule has 4 rings (SSSR count). The summed E-state index contributed by atoms with van der Waals surface area (Å²) in [6.07, 6.45) is 0. The standard InChI is InChI=1S/C21H16N2O4S2/c1-12(20(26)27)23-19(25)17(29-21(23)28)16-14-9-5-6-10-15(14)22(18(16)24)11-13-7-3-2-4-8-13/h2-10,12H,11H2,1H3,(H,26,27)/b17-16+/t12-/m1/s1. The number of aliphatic carboxylic acids is 1. The number of anilines is 1. The number of carbonyl (C=O) groups is 3. The molecule has 2 aromatic carbocycles. The summed E-state index contributed by atoms with van der Waals surface area (Å²) in [6, 6.07) is 15.7. The Kier molecular flexibility index (Phi) is 4.97. The fraction of sp³-hybridized carbons (Fsp3) is 0.143. The van der Waals surface area contributed by atoms with Crippen LogP contribution in [0.2, 0.25) is 0 Å². The van der Waals surface area contributed by atoms with Crippen molar-refractivity contribution in [1.29, 1.82) is 0 Å². The Balaban J connectivity index is 1.79. The number of rotatable bonds is 4. The van der Waals surface area contributed by atoms with Gasteiger partial charge >= 0.3 is 5.97 Å². The first-order valence-electron chi connectivity index (χ1n) is 8.87. The van der Waals surface area contributed by atoms with Gasteiger partial charge < -0.3 is 10.0 Å². The van der Waals surface area contributed by atoms with Gasteiger partial charge in [-0.2, -0.15) is 0 Å². The predicted octanol–water partition coefficient (Wildman–Crippen LogP) is 3.28. The van der Waals surface area contributed by atoms with Gasteiger partial charge in [0, 0.05) is 5.56 Å². The van der Waals surface area contributed by atoms with Crippen LogP contribution in [0.5, 0.6) is 0 Å². The number of carboxylic acid groups (broad SMARTS) is 1. The number of amides is 2. The van der Waals surface area contributed by atoms with Crippen molar-refractivity contribution < 1.29 is 19.5 Å². The van der Waals surface area contributed by atoms with Crippen LogP contribution < -0.4 is 4.90 Å². The molecule has 1 atom stereocenters. The van der Waals surface area contributed by atoms with Crippen LogP contribution in [0.3, 0.4) is 0 Å². The molecule has 2 aliphatic heterocycles. The molecule has 1 N–H and O–H groups in total. The third-order valence-corrected chi connectivity index (χ3v) is 6.28. The fourth-order valence-corrected chi connectivity index (χ4v) is 4.89. The van der Waals surface area contributed by atoms with Crippen LogP contribution in [0.25, 0.3) is 5.57 Å². The van der Waals surface area contributed by atoms with Gasteiger partial charge in [-0.15, -0.1) is 0 Å². The lowest BCUT2D eigenvalue weighted by Crippen LogP contribution is -2.41. The molecule has 2 heterocycles. The van der Waals surface area contributed by atoms with Crippen molar-refractivity contribution in [2.24, 2.45) is 0 Å². The van der Waals surface area contributed by atoms with E-state index in [1.807, 2.05) is 42.5 Å². The lowest BCUT2D eigenvalue weighted by Gasteiger charge is -2.19. The molecule has 0 radical (unpaired) electrons. The van der Waals surface area contributed by atoms with E-state index < -0.39 is 17.9 Å². The largest absolute Gasteiger partial charge is 0.480 e. The average molecular weight is 425 g/mol. The number of thioether (sulfide) groups is 1. The molecule has 0 aliphatic carbocycles. The van der Waals surface area contributed by atoms with Gasteiger partial charge in [-0.25, -0.2) is 4.79 Å². The van der Waals surface area contributed by atoms with Crippen LogP contribution in [0.1, 0.15) is 18.1 Å². The van der Waals surface area contributed by atoms with Crippen molar-refractivity contribution in [3.05, 3.63) is 70.6 Å². The van der Waals surface area contributed by atoms with Gasteiger partial charge in [-0.1, -0.05) is 72.5 Å². The third-order valence-electron chi connectivity index (χ3n) is 4.88. The molecule has 2 amide bonds. The second kappa shape index (κ2) is 7.46. The molecule has 146 valence electrons. The van der Waals surface area contributed by atoms with Crippen molar-refractivity contribution in [3.8, 4) is 0 Å². The fourth-order valence-electron chi connectivity index (χ4n) is 3.40. The summed E-state index contributed by atoms with van der Waals surface area (Å²) >= 11 is 6.22. The minimum absolute atomic E-state index is 0.138. The number of hydrogen-bond acceptors (Lipinski definition) is 5. The van der Waals surface area contributed by atoms with Crippen molar-refractivity contribution in [2.75, 3.05) is 4.90 Å². The number of carboxylic acids is 1. The van der Waals surface area contributed by atoms with Crippen molar-refractivity contribution in [1.82, 2.24) is 4.90 Å². The second-order valence-electron chi connectivity index (χ2n) is 6.66. The summed E-state index contributed by atoms with van der Waals surface area (Å²) in [7, 11) is 0. The molecule has 2 aliphatic rings. The van der Waals surface area contributed by atoms with E-state index in [4.69, 9.17) is 12.2 Å².